The summed E-state index contributed by atoms with van der Waals surface area (Å²) in [6.45, 7) is 5.36. The number of aromatic nitrogens is 1. The molecule has 5 nitrogen and oxygen atoms in total. The fraction of sp³-hybridized carbons (Fsp3) is 0.500. The largest absolute Gasteiger partial charge is 0.497 e. The van der Waals surface area contributed by atoms with Crippen LogP contribution < -0.4 is 4.74 Å². The minimum absolute atomic E-state index is 0.162. The van der Waals surface area contributed by atoms with Crippen LogP contribution in [0.3, 0.4) is 0 Å². The van der Waals surface area contributed by atoms with Gasteiger partial charge in [-0.05, 0) is 44.4 Å². The van der Waals surface area contributed by atoms with E-state index < -0.39 is 0 Å². The molecule has 1 atom stereocenters. The maximum atomic E-state index is 12.8. The first-order valence-corrected chi connectivity index (χ1v) is 8.92. The lowest BCUT2D eigenvalue weighted by Crippen LogP contribution is -2.35. The fourth-order valence-corrected chi connectivity index (χ4v) is 3.53. The van der Waals surface area contributed by atoms with Crippen molar-refractivity contribution in [3.63, 3.8) is 0 Å². The van der Waals surface area contributed by atoms with Gasteiger partial charge in [0, 0.05) is 24.6 Å². The van der Waals surface area contributed by atoms with Gasteiger partial charge in [-0.15, -0.1) is 0 Å². The fourth-order valence-electron chi connectivity index (χ4n) is 3.53. The third-order valence-electron chi connectivity index (χ3n) is 5.12. The summed E-state index contributed by atoms with van der Waals surface area (Å²) in [4.78, 5) is 14.8. The standard InChI is InChI=1S/C20H26N2O3/c1-14-19(15(2)25-21-14)12-20(23)22-11-5-4-6-17(13-22)16-7-9-18(24-3)10-8-16/h7-10,17H,4-6,11-13H2,1-3H3. The van der Waals surface area contributed by atoms with Crippen LogP contribution in [0.2, 0.25) is 0 Å². The number of rotatable bonds is 4. The highest BCUT2D eigenvalue weighted by molar-refractivity contribution is 5.79. The van der Waals surface area contributed by atoms with Gasteiger partial charge in [0.1, 0.15) is 11.5 Å². The number of methoxy groups -OCH3 is 1. The number of nitrogens with zero attached hydrogens (tertiary/aromatic N) is 2. The number of benzene rings is 1. The second kappa shape index (κ2) is 7.72. The van der Waals surface area contributed by atoms with Crippen molar-refractivity contribution in [2.75, 3.05) is 20.2 Å². The number of likely N-dealkylation sites (tertiary alicyclic amines) is 1. The van der Waals surface area contributed by atoms with E-state index in [9.17, 15) is 4.79 Å². The van der Waals surface area contributed by atoms with Gasteiger partial charge in [0.15, 0.2) is 0 Å². The Hall–Kier alpha value is -2.30. The topological polar surface area (TPSA) is 55.6 Å². The highest BCUT2D eigenvalue weighted by atomic mass is 16.5. The second-order valence-electron chi connectivity index (χ2n) is 6.79. The van der Waals surface area contributed by atoms with Crippen molar-refractivity contribution < 1.29 is 14.1 Å². The van der Waals surface area contributed by atoms with E-state index in [2.05, 4.69) is 17.3 Å². The summed E-state index contributed by atoms with van der Waals surface area (Å²) in [5.74, 6) is 2.15. The van der Waals surface area contributed by atoms with E-state index in [1.807, 2.05) is 30.9 Å². The number of aryl methyl sites for hydroxylation is 2. The molecule has 2 heterocycles. The molecule has 0 spiro atoms. The van der Waals surface area contributed by atoms with Crippen molar-refractivity contribution >= 4 is 5.91 Å². The molecule has 1 aromatic carbocycles. The Morgan fingerprint density at radius 1 is 1.28 bits per heavy atom. The van der Waals surface area contributed by atoms with Crippen molar-refractivity contribution in [2.45, 2.75) is 45.4 Å². The van der Waals surface area contributed by atoms with E-state index in [0.29, 0.717) is 12.3 Å². The Labute approximate surface area is 148 Å². The predicted octanol–water partition coefficient (Wildman–Crippen LogP) is 3.64. The maximum Gasteiger partial charge on any atom is 0.227 e. The van der Waals surface area contributed by atoms with Crippen LogP contribution in [0.25, 0.3) is 0 Å². The van der Waals surface area contributed by atoms with Gasteiger partial charge >= 0.3 is 0 Å². The molecule has 134 valence electrons. The van der Waals surface area contributed by atoms with Gasteiger partial charge in [-0.1, -0.05) is 23.7 Å². The normalized spacial score (nSPS) is 18.0. The Morgan fingerprint density at radius 3 is 2.68 bits per heavy atom. The molecular weight excluding hydrogens is 316 g/mol. The first-order valence-electron chi connectivity index (χ1n) is 8.92. The first kappa shape index (κ1) is 17.5. The average Bonchev–Trinajstić information content (AvgIpc) is 2.84. The summed E-state index contributed by atoms with van der Waals surface area (Å²) in [5.41, 5.74) is 3.01. The van der Waals surface area contributed by atoms with Gasteiger partial charge in [0.25, 0.3) is 0 Å². The van der Waals surface area contributed by atoms with Gasteiger partial charge in [-0.25, -0.2) is 0 Å². The van der Waals surface area contributed by atoms with Gasteiger partial charge < -0.3 is 14.2 Å². The zero-order valence-corrected chi connectivity index (χ0v) is 15.2. The highest BCUT2D eigenvalue weighted by Crippen LogP contribution is 2.28. The van der Waals surface area contributed by atoms with Crippen molar-refractivity contribution in [1.82, 2.24) is 10.1 Å². The first-order chi connectivity index (χ1) is 12.1. The molecule has 0 N–H and O–H groups in total. The molecule has 25 heavy (non-hydrogen) atoms. The Kier molecular flexibility index (Phi) is 5.41. The minimum Gasteiger partial charge on any atom is -0.497 e. The molecule has 1 aromatic heterocycles. The molecular formula is C20H26N2O3. The summed E-state index contributed by atoms with van der Waals surface area (Å²) >= 11 is 0. The number of carbonyl (C=O) groups excluding carboxylic acids is 1. The van der Waals surface area contributed by atoms with E-state index in [1.54, 1.807) is 7.11 Å². The average molecular weight is 342 g/mol. The van der Waals surface area contributed by atoms with Crippen LogP contribution in [0.1, 0.15) is 47.8 Å². The lowest BCUT2D eigenvalue weighted by molar-refractivity contribution is -0.130. The van der Waals surface area contributed by atoms with E-state index in [1.165, 1.54) is 5.56 Å². The molecule has 1 aliphatic rings. The maximum absolute atomic E-state index is 12.8. The summed E-state index contributed by atoms with van der Waals surface area (Å²) in [7, 11) is 1.68. The summed E-state index contributed by atoms with van der Waals surface area (Å²) < 4.78 is 10.4. The third kappa shape index (κ3) is 4.03. The quantitative estimate of drug-likeness (QED) is 0.851. The molecule has 1 aliphatic heterocycles. The van der Waals surface area contributed by atoms with E-state index >= 15 is 0 Å². The van der Waals surface area contributed by atoms with Crippen LogP contribution in [0.5, 0.6) is 5.75 Å². The minimum atomic E-state index is 0.162. The summed E-state index contributed by atoms with van der Waals surface area (Å²) in [6, 6.07) is 8.23. The van der Waals surface area contributed by atoms with Crippen LogP contribution in [0, 0.1) is 13.8 Å². The van der Waals surface area contributed by atoms with Crippen LogP contribution in [0.4, 0.5) is 0 Å². The van der Waals surface area contributed by atoms with Gasteiger partial charge in [0.2, 0.25) is 5.91 Å². The molecule has 0 radical (unpaired) electrons. The molecule has 5 heteroatoms. The zero-order valence-electron chi connectivity index (χ0n) is 15.2. The Bertz CT molecular complexity index is 702. The number of hydrogen-bond acceptors (Lipinski definition) is 4. The Morgan fingerprint density at radius 2 is 2.04 bits per heavy atom. The molecule has 0 saturated carbocycles. The van der Waals surface area contributed by atoms with E-state index in [4.69, 9.17) is 9.26 Å². The number of ether oxygens (including phenoxy) is 1. The third-order valence-corrected chi connectivity index (χ3v) is 5.12. The summed E-state index contributed by atoms with van der Waals surface area (Å²) in [6.07, 6.45) is 3.68. The monoisotopic (exact) mass is 342 g/mol. The number of amides is 1. The lowest BCUT2D eigenvalue weighted by atomic mass is 9.94. The van der Waals surface area contributed by atoms with Crippen molar-refractivity contribution in [3.05, 3.63) is 46.8 Å². The zero-order chi connectivity index (χ0) is 17.8. The van der Waals surface area contributed by atoms with Gasteiger partial charge in [-0.2, -0.15) is 0 Å². The van der Waals surface area contributed by atoms with Crippen LogP contribution in [-0.4, -0.2) is 36.2 Å². The molecule has 2 aromatic rings. The van der Waals surface area contributed by atoms with Crippen molar-refractivity contribution in [3.8, 4) is 5.75 Å². The number of carbonyl (C=O) groups is 1. The molecule has 1 amide bonds. The molecule has 1 saturated heterocycles. The van der Waals surface area contributed by atoms with Crippen molar-refractivity contribution in [2.24, 2.45) is 0 Å². The molecule has 1 fully saturated rings. The predicted molar refractivity (Wildman–Crippen MR) is 95.8 cm³/mol. The number of hydrogen-bond donors (Lipinski definition) is 0. The van der Waals surface area contributed by atoms with E-state index in [-0.39, 0.29) is 5.91 Å². The van der Waals surface area contributed by atoms with E-state index in [0.717, 1.165) is 55.1 Å². The summed E-state index contributed by atoms with van der Waals surface area (Å²) in [5, 5.41) is 3.95. The van der Waals surface area contributed by atoms with Crippen molar-refractivity contribution in [1.29, 1.82) is 0 Å². The highest BCUT2D eigenvalue weighted by Gasteiger charge is 2.24. The smallest absolute Gasteiger partial charge is 0.227 e. The van der Waals surface area contributed by atoms with Gasteiger partial charge in [0.05, 0.1) is 19.2 Å². The second-order valence-corrected chi connectivity index (χ2v) is 6.79. The molecule has 0 aliphatic carbocycles. The lowest BCUT2D eigenvalue weighted by Gasteiger charge is -2.25. The SMILES string of the molecule is COc1ccc(C2CCCCN(C(=O)Cc3c(C)noc3C)C2)cc1. The van der Waals surface area contributed by atoms with Gasteiger partial charge in [-0.3, -0.25) is 4.79 Å². The molecule has 3 rings (SSSR count). The Balaban J connectivity index is 1.71. The van der Waals surface area contributed by atoms with Crippen LogP contribution >= 0.6 is 0 Å². The van der Waals surface area contributed by atoms with Crippen LogP contribution in [-0.2, 0) is 11.2 Å². The van der Waals surface area contributed by atoms with Crippen LogP contribution in [0.15, 0.2) is 28.8 Å². The molecule has 1 unspecified atom stereocenters. The molecule has 0 bridgehead atoms.